The Balaban J connectivity index is 2.09. The van der Waals surface area contributed by atoms with Gasteiger partial charge in [0.05, 0.1) is 0 Å². The van der Waals surface area contributed by atoms with E-state index >= 15 is 0 Å². The molecule has 4 N–H and O–H groups in total. The topological polar surface area (TPSA) is 73.3 Å². The van der Waals surface area contributed by atoms with Crippen LogP contribution in [-0.4, -0.2) is 35.0 Å². The molecule has 19 heavy (non-hydrogen) atoms. The summed E-state index contributed by atoms with van der Waals surface area (Å²) in [5, 5.41) is 16.7. The normalized spacial score (nSPS) is 15.5. The first-order chi connectivity index (χ1) is 9.22. The van der Waals surface area contributed by atoms with Crippen LogP contribution in [0.3, 0.4) is 0 Å². The van der Waals surface area contributed by atoms with E-state index in [1.807, 2.05) is 24.3 Å². The molecule has 4 nitrogen and oxygen atoms in total. The fourth-order valence-corrected chi connectivity index (χ4v) is 2.56. The van der Waals surface area contributed by atoms with Crippen LogP contribution in [0, 0.1) is 5.41 Å². The van der Waals surface area contributed by atoms with E-state index in [0.29, 0.717) is 6.04 Å². The molecule has 0 amide bonds. The van der Waals surface area contributed by atoms with Crippen molar-refractivity contribution in [3.05, 3.63) is 35.4 Å². The second kappa shape index (κ2) is 6.68. The predicted molar refractivity (Wildman–Crippen MR) is 77.2 cm³/mol. The van der Waals surface area contributed by atoms with Crippen LogP contribution in [0.15, 0.2) is 24.3 Å². The number of aliphatic hydroxyl groups excluding tert-OH is 1. The van der Waals surface area contributed by atoms with Crippen molar-refractivity contribution in [3.63, 3.8) is 0 Å². The molecule has 0 saturated heterocycles. The first-order valence-corrected chi connectivity index (χ1v) is 6.99. The monoisotopic (exact) mass is 261 g/mol. The maximum atomic E-state index is 9.02. The van der Waals surface area contributed by atoms with Crippen molar-refractivity contribution in [2.24, 2.45) is 5.73 Å². The van der Waals surface area contributed by atoms with Crippen LogP contribution >= 0.6 is 0 Å². The summed E-state index contributed by atoms with van der Waals surface area (Å²) in [6, 6.07) is 8.49. The van der Waals surface area contributed by atoms with Gasteiger partial charge in [-0.25, -0.2) is 0 Å². The number of nitrogens with zero attached hydrogens (tertiary/aromatic N) is 1. The summed E-state index contributed by atoms with van der Waals surface area (Å²) in [7, 11) is 0. The Hall–Kier alpha value is -1.39. The van der Waals surface area contributed by atoms with Crippen molar-refractivity contribution in [2.75, 3.05) is 13.2 Å². The molecule has 4 heteroatoms. The molecule has 1 aromatic rings. The van der Waals surface area contributed by atoms with Crippen LogP contribution < -0.4 is 5.73 Å². The van der Waals surface area contributed by atoms with Crippen LogP contribution in [0.1, 0.15) is 36.8 Å². The largest absolute Gasteiger partial charge is 0.396 e. The summed E-state index contributed by atoms with van der Waals surface area (Å²) >= 11 is 0. The summed E-state index contributed by atoms with van der Waals surface area (Å²) in [6.07, 6.45) is 4.59. The van der Waals surface area contributed by atoms with Crippen molar-refractivity contribution in [2.45, 2.75) is 38.3 Å². The minimum Gasteiger partial charge on any atom is -0.396 e. The van der Waals surface area contributed by atoms with E-state index in [-0.39, 0.29) is 12.4 Å². The Labute approximate surface area is 114 Å². The highest BCUT2D eigenvalue weighted by Gasteiger charge is 2.25. The third-order valence-electron chi connectivity index (χ3n) is 3.88. The van der Waals surface area contributed by atoms with Gasteiger partial charge in [-0.2, -0.15) is 0 Å². The quantitative estimate of drug-likeness (QED) is 0.517. The zero-order valence-corrected chi connectivity index (χ0v) is 11.3. The molecule has 1 fully saturated rings. The summed E-state index contributed by atoms with van der Waals surface area (Å²) in [4.78, 5) is 2.42. The molecule has 2 rings (SSSR count). The molecule has 0 heterocycles. The van der Waals surface area contributed by atoms with Gasteiger partial charge in [0.25, 0.3) is 0 Å². The highest BCUT2D eigenvalue weighted by atomic mass is 16.3. The highest BCUT2D eigenvalue weighted by molar-refractivity contribution is 5.96. The average molecular weight is 261 g/mol. The van der Waals surface area contributed by atoms with Crippen LogP contribution in [0.5, 0.6) is 0 Å². The number of aliphatic hydroxyl groups is 1. The molecule has 0 atom stereocenters. The van der Waals surface area contributed by atoms with Gasteiger partial charge in [-0.1, -0.05) is 30.7 Å². The third-order valence-corrected chi connectivity index (χ3v) is 3.88. The second-order valence-corrected chi connectivity index (χ2v) is 5.20. The zero-order valence-electron chi connectivity index (χ0n) is 11.3. The fourth-order valence-electron chi connectivity index (χ4n) is 2.56. The molecule has 0 aliphatic heterocycles. The lowest BCUT2D eigenvalue weighted by molar-refractivity contribution is 0.109. The van der Waals surface area contributed by atoms with Crippen LogP contribution in [0.25, 0.3) is 0 Å². The minimum atomic E-state index is 0.131. The van der Waals surface area contributed by atoms with E-state index < -0.39 is 0 Å². The van der Waals surface area contributed by atoms with Crippen LogP contribution in [-0.2, 0) is 6.54 Å². The van der Waals surface area contributed by atoms with E-state index in [4.69, 9.17) is 16.2 Å². The summed E-state index contributed by atoms with van der Waals surface area (Å²) in [6.45, 7) is 1.96. The Morgan fingerprint density at radius 2 is 2.11 bits per heavy atom. The number of hydrogen-bond donors (Lipinski definition) is 3. The fraction of sp³-hybridized carbons (Fsp3) is 0.533. The molecule has 104 valence electrons. The van der Waals surface area contributed by atoms with E-state index in [0.717, 1.165) is 30.6 Å². The lowest BCUT2D eigenvalue weighted by atomic mass is 9.90. The van der Waals surface area contributed by atoms with Crippen LogP contribution in [0.4, 0.5) is 0 Å². The van der Waals surface area contributed by atoms with E-state index in [2.05, 4.69) is 4.90 Å². The van der Waals surface area contributed by atoms with Gasteiger partial charge in [0.2, 0.25) is 0 Å². The first kappa shape index (κ1) is 14.0. The van der Waals surface area contributed by atoms with Gasteiger partial charge >= 0.3 is 0 Å². The standard InChI is InChI=1S/C15H23N3O/c16-15(17)14-8-2-1-5-12(14)11-18(9-4-10-19)13-6-3-7-13/h1-2,5,8,13,19H,3-4,6-7,9-11H2,(H3,16,17). The first-order valence-electron chi connectivity index (χ1n) is 6.99. The maximum absolute atomic E-state index is 9.02. The number of benzene rings is 1. The Kier molecular flexibility index (Phi) is 4.93. The van der Waals surface area contributed by atoms with Gasteiger partial charge < -0.3 is 10.8 Å². The summed E-state index contributed by atoms with van der Waals surface area (Å²) in [5.41, 5.74) is 7.58. The van der Waals surface area contributed by atoms with Gasteiger partial charge in [-0.05, 0) is 24.8 Å². The number of nitrogens with two attached hydrogens (primary N) is 1. The lowest BCUT2D eigenvalue weighted by Crippen LogP contribution is -2.40. The molecule has 1 aliphatic carbocycles. The van der Waals surface area contributed by atoms with Crippen molar-refractivity contribution in [1.29, 1.82) is 5.41 Å². The minimum absolute atomic E-state index is 0.131. The molecule has 1 aliphatic rings. The molecule has 0 spiro atoms. The van der Waals surface area contributed by atoms with E-state index in [1.165, 1.54) is 19.3 Å². The number of nitrogens with one attached hydrogen (secondary N) is 1. The van der Waals surface area contributed by atoms with Crippen molar-refractivity contribution < 1.29 is 5.11 Å². The van der Waals surface area contributed by atoms with Gasteiger partial charge in [-0.15, -0.1) is 0 Å². The number of rotatable bonds is 7. The molecule has 1 saturated carbocycles. The second-order valence-electron chi connectivity index (χ2n) is 5.20. The van der Waals surface area contributed by atoms with Gasteiger partial charge in [0.1, 0.15) is 5.84 Å². The molecule has 0 aromatic heterocycles. The van der Waals surface area contributed by atoms with Crippen LogP contribution in [0.2, 0.25) is 0 Å². The van der Waals surface area contributed by atoms with Crippen molar-refractivity contribution in [1.82, 2.24) is 4.90 Å². The predicted octanol–water partition coefficient (Wildman–Crippen LogP) is 1.71. The van der Waals surface area contributed by atoms with Gasteiger partial charge in [-0.3, -0.25) is 10.3 Å². The number of hydrogen-bond acceptors (Lipinski definition) is 3. The summed E-state index contributed by atoms with van der Waals surface area (Å²) in [5.74, 6) is 0.131. The number of amidine groups is 1. The van der Waals surface area contributed by atoms with E-state index in [9.17, 15) is 0 Å². The smallest absolute Gasteiger partial charge is 0.123 e. The van der Waals surface area contributed by atoms with Crippen molar-refractivity contribution in [3.8, 4) is 0 Å². The Morgan fingerprint density at radius 3 is 2.68 bits per heavy atom. The molecule has 0 bridgehead atoms. The molecule has 0 unspecified atom stereocenters. The molecule has 0 radical (unpaired) electrons. The molecular formula is C15H23N3O. The Morgan fingerprint density at radius 1 is 1.37 bits per heavy atom. The lowest BCUT2D eigenvalue weighted by Gasteiger charge is -2.38. The Bertz CT molecular complexity index is 429. The third kappa shape index (κ3) is 3.55. The zero-order chi connectivity index (χ0) is 13.7. The van der Waals surface area contributed by atoms with Crippen molar-refractivity contribution >= 4 is 5.84 Å². The number of nitrogen functional groups attached to an aromatic ring is 1. The molecule has 1 aromatic carbocycles. The molecular weight excluding hydrogens is 238 g/mol. The summed E-state index contributed by atoms with van der Waals surface area (Å²) < 4.78 is 0. The van der Waals surface area contributed by atoms with E-state index in [1.54, 1.807) is 0 Å². The van der Waals surface area contributed by atoms with Gasteiger partial charge in [0.15, 0.2) is 0 Å². The maximum Gasteiger partial charge on any atom is 0.123 e. The van der Waals surface area contributed by atoms with Gasteiger partial charge in [0, 0.05) is 31.3 Å². The SMILES string of the molecule is N=C(N)c1ccccc1CN(CCCO)C1CCC1. The average Bonchev–Trinajstić information content (AvgIpc) is 2.34. The highest BCUT2D eigenvalue weighted by Crippen LogP contribution is 2.27.